The van der Waals surface area contributed by atoms with Gasteiger partial charge >= 0.3 is 0 Å². The molecule has 0 bridgehead atoms. The number of nitrogens with zero attached hydrogens (tertiary/aromatic N) is 2. The Bertz CT molecular complexity index is 422. The molecule has 0 amide bonds. The van der Waals surface area contributed by atoms with Gasteiger partial charge in [0.05, 0.1) is 6.61 Å². The van der Waals surface area contributed by atoms with Crippen molar-refractivity contribution in [1.82, 2.24) is 9.88 Å². The average molecular weight is 284 g/mol. The molecular weight excluding hydrogens is 264 g/mol. The molecule has 2 aliphatic rings. The first-order valence-corrected chi connectivity index (χ1v) is 7.56. The van der Waals surface area contributed by atoms with Gasteiger partial charge in [-0.2, -0.15) is 0 Å². The maximum absolute atomic E-state index is 5.96. The molecule has 2 fully saturated rings. The van der Waals surface area contributed by atoms with Gasteiger partial charge in [-0.25, -0.2) is 4.98 Å². The summed E-state index contributed by atoms with van der Waals surface area (Å²) in [6, 6.07) is 0.626. The summed E-state index contributed by atoms with van der Waals surface area (Å²) >= 11 is 1.63. The van der Waals surface area contributed by atoms with Crippen LogP contribution in [0.25, 0.3) is 0 Å². The minimum Gasteiger partial charge on any atom is -0.368 e. The van der Waals surface area contributed by atoms with Crippen molar-refractivity contribution in [2.75, 3.05) is 33.9 Å². The second-order valence-corrected chi connectivity index (χ2v) is 5.92. The minimum atomic E-state index is -0.381. The van der Waals surface area contributed by atoms with Gasteiger partial charge in [0.15, 0.2) is 0 Å². The first-order valence-electron chi connectivity index (χ1n) is 6.68. The van der Waals surface area contributed by atoms with Crippen LogP contribution in [0.3, 0.4) is 0 Å². The number of aromatic nitrogens is 1. The smallest absolute Gasteiger partial charge is 0.201 e. The van der Waals surface area contributed by atoms with Gasteiger partial charge in [0, 0.05) is 32.2 Å². The SMILES string of the molecule is COC(OC)c1csc(C2CN3CCCC3CO2)n1. The van der Waals surface area contributed by atoms with Crippen molar-refractivity contribution in [3.63, 3.8) is 0 Å². The minimum absolute atomic E-state index is 0.0995. The lowest BCUT2D eigenvalue weighted by atomic mass is 10.2. The molecule has 3 heterocycles. The Balaban J connectivity index is 1.69. The largest absolute Gasteiger partial charge is 0.368 e. The van der Waals surface area contributed by atoms with E-state index < -0.39 is 0 Å². The number of thiazole rings is 1. The van der Waals surface area contributed by atoms with Crippen molar-refractivity contribution in [3.8, 4) is 0 Å². The predicted octanol–water partition coefficient (Wildman–Crippen LogP) is 1.97. The first kappa shape index (κ1) is 13.5. The number of hydrogen-bond donors (Lipinski definition) is 0. The lowest BCUT2D eigenvalue weighted by molar-refractivity contribution is -0.108. The molecule has 5 nitrogen and oxygen atoms in total. The average Bonchev–Trinajstić information content (AvgIpc) is 3.08. The molecule has 6 heteroatoms. The Morgan fingerprint density at radius 2 is 2.32 bits per heavy atom. The van der Waals surface area contributed by atoms with Gasteiger partial charge in [-0.1, -0.05) is 0 Å². The van der Waals surface area contributed by atoms with Crippen molar-refractivity contribution in [2.45, 2.75) is 31.3 Å². The van der Waals surface area contributed by atoms with E-state index in [4.69, 9.17) is 14.2 Å². The summed E-state index contributed by atoms with van der Waals surface area (Å²) < 4.78 is 16.4. The Hall–Kier alpha value is -0.530. The standard InChI is InChI=1S/C13H20N2O3S/c1-16-13(17-2)10-8-19-12(14-10)11-6-15-5-3-4-9(15)7-18-11/h8-9,11,13H,3-7H2,1-2H3. The fraction of sp³-hybridized carbons (Fsp3) is 0.769. The Kier molecular flexibility index (Phi) is 4.14. The van der Waals surface area contributed by atoms with Gasteiger partial charge in [0.1, 0.15) is 16.8 Å². The van der Waals surface area contributed by atoms with Gasteiger partial charge in [-0.05, 0) is 19.4 Å². The van der Waals surface area contributed by atoms with Gasteiger partial charge in [-0.15, -0.1) is 11.3 Å². The number of methoxy groups -OCH3 is 2. The van der Waals surface area contributed by atoms with E-state index in [2.05, 4.69) is 9.88 Å². The molecule has 0 aromatic carbocycles. The second-order valence-electron chi connectivity index (χ2n) is 5.03. The summed E-state index contributed by atoms with van der Waals surface area (Å²) in [4.78, 5) is 7.13. The summed E-state index contributed by atoms with van der Waals surface area (Å²) in [6.07, 6.45) is 2.28. The highest BCUT2D eigenvalue weighted by Crippen LogP contribution is 2.32. The van der Waals surface area contributed by atoms with Gasteiger partial charge in [0.2, 0.25) is 6.29 Å². The highest BCUT2D eigenvalue weighted by Gasteiger charge is 2.34. The maximum Gasteiger partial charge on any atom is 0.201 e. The normalized spacial score (nSPS) is 27.9. The summed E-state index contributed by atoms with van der Waals surface area (Å²) in [5.74, 6) is 0. The number of fused-ring (bicyclic) bond motifs is 1. The van der Waals surface area contributed by atoms with E-state index in [1.807, 2.05) is 5.38 Å². The summed E-state index contributed by atoms with van der Waals surface area (Å²) in [5, 5.41) is 3.02. The zero-order valence-corrected chi connectivity index (χ0v) is 12.2. The molecule has 1 aromatic rings. The molecule has 2 unspecified atom stereocenters. The lowest BCUT2D eigenvalue weighted by Gasteiger charge is -2.34. The Morgan fingerprint density at radius 3 is 3.11 bits per heavy atom. The van der Waals surface area contributed by atoms with Crippen molar-refractivity contribution >= 4 is 11.3 Å². The van der Waals surface area contributed by atoms with E-state index in [-0.39, 0.29) is 12.4 Å². The van der Waals surface area contributed by atoms with Crippen LogP contribution in [0.15, 0.2) is 5.38 Å². The molecule has 1 aromatic heterocycles. The van der Waals surface area contributed by atoms with Crippen molar-refractivity contribution < 1.29 is 14.2 Å². The van der Waals surface area contributed by atoms with Crippen molar-refractivity contribution in [1.29, 1.82) is 0 Å². The van der Waals surface area contributed by atoms with Crippen LogP contribution in [0.2, 0.25) is 0 Å². The topological polar surface area (TPSA) is 43.8 Å². The second kappa shape index (κ2) is 5.85. The van der Waals surface area contributed by atoms with Crippen LogP contribution in [0.4, 0.5) is 0 Å². The fourth-order valence-electron chi connectivity index (χ4n) is 2.86. The molecule has 0 aliphatic carbocycles. The van der Waals surface area contributed by atoms with Crippen molar-refractivity contribution in [3.05, 3.63) is 16.1 Å². The van der Waals surface area contributed by atoms with Gasteiger partial charge in [-0.3, -0.25) is 4.90 Å². The van der Waals surface area contributed by atoms with Crippen LogP contribution in [0.5, 0.6) is 0 Å². The van der Waals surface area contributed by atoms with E-state index in [1.165, 1.54) is 19.4 Å². The van der Waals surface area contributed by atoms with E-state index in [1.54, 1.807) is 25.6 Å². The molecule has 0 radical (unpaired) electrons. The molecule has 2 saturated heterocycles. The highest BCUT2D eigenvalue weighted by molar-refractivity contribution is 7.09. The molecule has 2 aliphatic heterocycles. The number of rotatable bonds is 4. The third-order valence-corrected chi connectivity index (χ3v) is 4.83. The molecule has 3 rings (SSSR count). The molecule has 0 saturated carbocycles. The van der Waals surface area contributed by atoms with Crippen LogP contribution in [0.1, 0.15) is 35.9 Å². The third-order valence-electron chi connectivity index (χ3n) is 3.87. The van der Waals surface area contributed by atoms with Crippen LogP contribution >= 0.6 is 11.3 Å². The van der Waals surface area contributed by atoms with E-state index in [0.717, 1.165) is 23.9 Å². The highest BCUT2D eigenvalue weighted by atomic mass is 32.1. The van der Waals surface area contributed by atoms with Crippen LogP contribution in [-0.2, 0) is 14.2 Å². The zero-order chi connectivity index (χ0) is 13.2. The lowest BCUT2D eigenvalue weighted by Crippen LogP contribution is -2.42. The summed E-state index contributed by atoms with van der Waals surface area (Å²) in [6.45, 7) is 2.99. The molecule has 0 N–H and O–H groups in total. The quantitative estimate of drug-likeness (QED) is 0.791. The maximum atomic E-state index is 5.96. The molecule has 19 heavy (non-hydrogen) atoms. The van der Waals surface area contributed by atoms with Crippen LogP contribution in [0, 0.1) is 0 Å². The predicted molar refractivity (Wildman–Crippen MR) is 72.2 cm³/mol. The fourth-order valence-corrected chi connectivity index (χ4v) is 3.72. The van der Waals surface area contributed by atoms with Crippen molar-refractivity contribution in [2.24, 2.45) is 0 Å². The summed E-state index contributed by atoms with van der Waals surface area (Å²) in [5.41, 5.74) is 0.831. The number of ether oxygens (including phenoxy) is 3. The number of hydrogen-bond acceptors (Lipinski definition) is 6. The number of morpholine rings is 1. The molecule has 0 spiro atoms. The first-order chi connectivity index (χ1) is 9.31. The van der Waals surface area contributed by atoms with E-state index >= 15 is 0 Å². The summed E-state index contributed by atoms with van der Waals surface area (Å²) in [7, 11) is 3.25. The van der Waals surface area contributed by atoms with E-state index in [9.17, 15) is 0 Å². The van der Waals surface area contributed by atoms with Crippen LogP contribution < -0.4 is 0 Å². The molecule has 2 atom stereocenters. The Labute approximate surface area is 117 Å². The monoisotopic (exact) mass is 284 g/mol. The Morgan fingerprint density at radius 1 is 1.47 bits per heavy atom. The zero-order valence-electron chi connectivity index (χ0n) is 11.4. The van der Waals surface area contributed by atoms with E-state index in [0.29, 0.717) is 6.04 Å². The molecular formula is C13H20N2O3S. The van der Waals surface area contributed by atoms with Gasteiger partial charge < -0.3 is 14.2 Å². The van der Waals surface area contributed by atoms with Gasteiger partial charge in [0.25, 0.3) is 0 Å². The third kappa shape index (κ3) is 2.68. The van der Waals surface area contributed by atoms with Crippen LogP contribution in [-0.4, -0.2) is 49.8 Å². The molecule has 106 valence electrons.